The zero-order chi connectivity index (χ0) is 11.1. The minimum atomic E-state index is -0.340. The minimum Gasteiger partial charge on any atom is -0.504 e. The molecular formula is C10H13NO4. The van der Waals surface area contributed by atoms with Crippen LogP contribution in [0.4, 0.5) is 0 Å². The van der Waals surface area contributed by atoms with E-state index in [2.05, 4.69) is 5.32 Å². The molecule has 0 radical (unpaired) electrons. The third-order valence-corrected chi connectivity index (χ3v) is 1.66. The van der Waals surface area contributed by atoms with E-state index in [9.17, 15) is 9.90 Å². The molecule has 0 aliphatic carbocycles. The number of nitrogens with one attached hydrogen (secondary N) is 1. The number of benzene rings is 1. The molecule has 0 saturated heterocycles. The molecule has 3 N–H and O–H groups in total. The second-order valence-electron chi connectivity index (χ2n) is 2.83. The summed E-state index contributed by atoms with van der Waals surface area (Å²) in [5.74, 6) is -0.0867. The van der Waals surface area contributed by atoms with Crippen LogP contribution >= 0.6 is 0 Å². The topological polar surface area (TPSA) is 78.8 Å². The Morgan fingerprint density at radius 1 is 1.40 bits per heavy atom. The van der Waals surface area contributed by atoms with E-state index in [0.29, 0.717) is 0 Å². The van der Waals surface area contributed by atoms with E-state index in [1.807, 2.05) is 0 Å². The molecule has 15 heavy (non-hydrogen) atoms. The number of carbonyl (C=O) groups is 1. The predicted octanol–water partition coefficient (Wildman–Crippen LogP) is -0.121. The second kappa shape index (κ2) is 5.87. The summed E-state index contributed by atoms with van der Waals surface area (Å²) in [5.41, 5.74) is 0. The highest BCUT2D eigenvalue weighted by molar-refractivity contribution is 5.77. The fourth-order valence-corrected chi connectivity index (χ4v) is 0.969. The summed E-state index contributed by atoms with van der Waals surface area (Å²) in [6.45, 7) is -0.0944. The third kappa shape index (κ3) is 3.86. The SMILES string of the molecule is O=C(COc1ccccc1O)NCCO. The standard InChI is InChI=1S/C10H13NO4/c12-6-5-11-10(14)7-15-9-4-2-1-3-8(9)13/h1-4,12-13H,5-7H2,(H,11,14). The number of rotatable bonds is 5. The maximum Gasteiger partial charge on any atom is 0.258 e. The number of carbonyl (C=O) groups excluding carboxylic acids is 1. The van der Waals surface area contributed by atoms with Crippen molar-refractivity contribution in [3.63, 3.8) is 0 Å². The lowest BCUT2D eigenvalue weighted by Gasteiger charge is -2.07. The van der Waals surface area contributed by atoms with Gasteiger partial charge in [-0.05, 0) is 12.1 Å². The number of hydrogen-bond donors (Lipinski definition) is 3. The highest BCUT2D eigenvalue weighted by atomic mass is 16.5. The van der Waals surface area contributed by atoms with Crippen molar-refractivity contribution in [2.24, 2.45) is 0 Å². The first kappa shape index (κ1) is 11.3. The largest absolute Gasteiger partial charge is 0.504 e. The van der Waals surface area contributed by atoms with E-state index in [0.717, 1.165) is 0 Å². The quantitative estimate of drug-likeness (QED) is 0.634. The van der Waals surface area contributed by atoms with Gasteiger partial charge in [-0.15, -0.1) is 0 Å². The molecule has 0 unspecified atom stereocenters. The highest BCUT2D eigenvalue weighted by Gasteiger charge is 2.04. The highest BCUT2D eigenvalue weighted by Crippen LogP contribution is 2.23. The zero-order valence-electron chi connectivity index (χ0n) is 8.14. The van der Waals surface area contributed by atoms with E-state index in [1.54, 1.807) is 18.2 Å². The lowest BCUT2D eigenvalue weighted by molar-refractivity contribution is -0.123. The first-order valence-corrected chi connectivity index (χ1v) is 4.52. The van der Waals surface area contributed by atoms with Crippen molar-refractivity contribution in [2.75, 3.05) is 19.8 Å². The zero-order valence-corrected chi connectivity index (χ0v) is 8.14. The molecule has 1 amide bonds. The molecule has 0 spiro atoms. The van der Waals surface area contributed by atoms with Crippen molar-refractivity contribution in [2.45, 2.75) is 0 Å². The van der Waals surface area contributed by atoms with E-state index in [-0.39, 0.29) is 37.2 Å². The van der Waals surface area contributed by atoms with Gasteiger partial charge in [-0.1, -0.05) is 12.1 Å². The Kier molecular flexibility index (Phi) is 4.43. The summed E-state index contributed by atoms with van der Waals surface area (Å²) in [6, 6.07) is 6.39. The number of aliphatic hydroxyl groups is 1. The molecule has 0 heterocycles. The summed E-state index contributed by atoms with van der Waals surface area (Å²) in [4.78, 5) is 11.1. The Morgan fingerprint density at radius 2 is 2.13 bits per heavy atom. The van der Waals surface area contributed by atoms with Gasteiger partial charge < -0.3 is 20.3 Å². The van der Waals surface area contributed by atoms with Crippen molar-refractivity contribution in [3.8, 4) is 11.5 Å². The normalized spacial score (nSPS) is 9.67. The molecule has 0 saturated carbocycles. The monoisotopic (exact) mass is 211 g/mol. The molecule has 5 nitrogen and oxygen atoms in total. The lowest BCUT2D eigenvalue weighted by atomic mass is 10.3. The molecule has 1 rings (SSSR count). The molecule has 1 aromatic rings. The van der Waals surface area contributed by atoms with Gasteiger partial charge in [0.15, 0.2) is 18.1 Å². The van der Waals surface area contributed by atoms with Gasteiger partial charge >= 0.3 is 0 Å². The van der Waals surface area contributed by atoms with Crippen molar-refractivity contribution in [1.29, 1.82) is 0 Å². The van der Waals surface area contributed by atoms with Crippen LogP contribution in [0.5, 0.6) is 11.5 Å². The van der Waals surface area contributed by atoms with Crippen LogP contribution in [0.15, 0.2) is 24.3 Å². The van der Waals surface area contributed by atoms with Crippen LogP contribution in [0.2, 0.25) is 0 Å². The molecule has 0 aliphatic heterocycles. The smallest absolute Gasteiger partial charge is 0.258 e. The Hall–Kier alpha value is -1.75. The maximum absolute atomic E-state index is 11.1. The molecule has 0 atom stereocenters. The van der Waals surface area contributed by atoms with Gasteiger partial charge in [0, 0.05) is 6.54 Å². The first-order valence-electron chi connectivity index (χ1n) is 4.52. The number of aliphatic hydroxyl groups excluding tert-OH is 1. The fraction of sp³-hybridized carbons (Fsp3) is 0.300. The molecule has 0 fully saturated rings. The van der Waals surface area contributed by atoms with Gasteiger partial charge in [-0.2, -0.15) is 0 Å². The van der Waals surface area contributed by atoms with E-state index in [1.165, 1.54) is 6.07 Å². The Bertz CT molecular complexity index is 327. The van der Waals surface area contributed by atoms with Crippen LogP contribution in [0.1, 0.15) is 0 Å². The van der Waals surface area contributed by atoms with E-state index in [4.69, 9.17) is 9.84 Å². The van der Waals surface area contributed by atoms with Crippen LogP contribution in [0, 0.1) is 0 Å². The van der Waals surface area contributed by atoms with Crippen molar-refractivity contribution in [3.05, 3.63) is 24.3 Å². The lowest BCUT2D eigenvalue weighted by Crippen LogP contribution is -2.31. The molecule has 0 aromatic heterocycles. The molecule has 0 aliphatic rings. The Balaban J connectivity index is 2.37. The van der Waals surface area contributed by atoms with Gasteiger partial charge in [-0.3, -0.25) is 4.79 Å². The molecular weight excluding hydrogens is 198 g/mol. The summed E-state index contributed by atoms with van der Waals surface area (Å²) in [6.07, 6.45) is 0. The average molecular weight is 211 g/mol. The van der Waals surface area contributed by atoms with Crippen LogP contribution in [0.3, 0.4) is 0 Å². The predicted molar refractivity (Wildman–Crippen MR) is 53.7 cm³/mol. The number of amides is 1. The van der Waals surface area contributed by atoms with Crippen LogP contribution in [0.25, 0.3) is 0 Å². The average Bonchev–Trinajstić information content (AvgIpc) is 2.25. The second-order valence-corrected chi connectivity index (χ2v) is 2.83. The molecule has 5 heteroatoms. The maximum atomic E-state index is 11.1. The van der Waals surface area contributed by atoms with Crippen molar-refractivity contribution in [1.82, 2.24) is 5.32 Å². The van der Waals surface area contributed by atoms with Crippen LogP contribution < -0.4 is 10.1 Å². The van der Waals surface area contributed by atoms with Gasteiger partial charge in [0.2, 0.25) is 0 Å². The van der Waals surface area contributed by atoms with Crippen molar-refractivity contribution >= 4 is 5.91 Å². The molecule has 82 valence electrons. The van der Waals surface area contributed by atoms with Gasteiger partial charge in [-0.25, -0.2) is 0 Å². The third-order valence-electron chi connectivity index (χ3n) is 1.66. The van der Waals surface area contributed by atoms with Gasteiger partial charge in [0.25, 0.3) is 5.91 Å². The number of para-hydroxylation sites is 2. The Morgan fingerprint density at radius 3 is 2.80 bits per heavy atom. The van der Waals surface area contributed by atoms with E-state index < -0.39 is 0 Å². The summed E-state index contributed by atoms with van der Waals surface area (Å²) < 4.78 is 5.05. The molecule has 1 aromatic carbocycles. The van der Waals surface area contributed by atoms with E-state index >= 15 is 0 Å². The Labute approximate surface area is 87.3 Å². The van der Waals surface area contributed by atoms with Crippen LogP contribution in [-0.2, 0) is 4.79 Å². The molecule has 0 bridgehead atoms. The summed E-state index contributed by atoms with van der Waals surface area (Å²) in [5, 5.41) is 20.2. The first-order chi connectivity index (χ1) is 7.24. The van der Waals surface area contributed by atoms with Crippen molar-refractivity contribution < 1.29 is 19.7 Å². The van der Waals surface area contributed by atoms with Gasteiger partial charge in [0.1, 0.15) is 0 Å². The number of phenols is 1. The summed E-state index contributed by atoms with van der Waals surface area (Å²) >= 11 is 0. The van der Waals surface area contributed by atoms with Gasteiger partial charge in [0.05, 0.1) is 6.61 Å². The minimum absolute atomic E-state index is 0.00698. The number of phenolic OH excluding ortho intramolecular Hbond substituents is 1. The number of hydrogen-bond acceptors (Lipinski definition) is 4. The number of aromatic hydroxyl groups is 1. The number of ether oxygens (including phenoxy) is 1. The fourth-order valence-electron chi connectivity index (χ4n) is 0.969. The summed E-state index contributed by atoms with van der Waals surface area (Å²) in [7, 11) is 0. The van der Waals surface area contributed by atoms with Crippen LogP contribution in [-0.4, -0.2) is 35.9 Å².